The van der Waals surface area contributed by atoms with E-state index in [9.17, 15) is 4.79 Å². The molecule has 35 heavy (non-hydrogen) atoms. The Morgan fingerprint density at radius 1 is 0.571 bits per heavy atom. The normalized spacial score (nSPS) is 12.2. The molecule has 1 unspecified atom stereocenters. The smallest absolute Gasteiger partial charge is 0.303 e. The van der Waals surface area contributed by atoms with Crippen molar-refractivity contribution < 1.29 is 19.4 Å². The molecule has 0 heterocycles. The molecule has 0 saturated heterocycles. The third-order valence-corrected chi connectivity index (χ3v) is 6.98. The Morgan fingerprint density at radius 2 is 0.886 bits per heavy atom. The third kappa shape index (κ3) is 29.5. The van der Waals surface area contributed by atoms with E-state index >= 15 is 0 Å². The maximum absolute atomic E-state index is 10.9. The molecule has 0 aromatic rings. The van der Waals surface area contributed by atoms with E-state index in [0.717, 1.165) is 6.42 Å². The van der Waals surface area contributed by atoms with Crippen molar-refractivity contribution in [2.24, 2.45) is 0 Å². The number of hydrogen-bond donors (Lipinski definition) is 1. The van der Waals surface area contributed by atoms with E-state index in [1.165, 1.54) is 155 Å². The van der Waals surface area contributed by atoms with E-state index in [2.05, 4.69) is 6.92 Å². The Kier molecular flexibility index (Phi) is 29.1. The number of carbonyl (C=O) groups excluding carboxylic acids is 1. The van der Waals surface area contributed by atoms with Gasteiger partial charge in [0.25, 0.3) is 0 Å². The highest BCUT2D eigenvalue weighted by molar-refractivity contribution is 5.66. The SMILES string of the molecule is CCCCCCCCCCCCCCCCCCCCCCCCCCOCC(CO)OC(C)=O. The summed E-state index contributed by atoms with van der Waals surface area (Å²) in [6, 6.07) is 0. The molecule has 0 aliphatic carbocycles. The minimum atomic E-state index is -0.526. The highest BCUT2D eigenvalue weighted by Gasteiger charge is 2.10. The summed E-state index contributed by atoms with van der Waals surface area (Å²) in [5, 5.41) is 9.11. The maximum Gasteiger partial charge on any atom is 0.303 e. The van der Waals surface area contributed by atoms with E-state index in [1.54, 1.807) is 0 Å². The van der Waals surface area contributed by atoms with Gasteiger partial charge in [0.1, 0.15) is 6.10 Å². The van der Waals surface area contributed by atoms with Crippen LogP contribution in [-0.4, -0.2) is 37.0 Å². The molecule has 4 nitrogen and oxygen atoms in total. The Labute approximate surface area is 219 Å². The van der Waals surface area contributed by atoms with Crippen LogP contribution in [0.5, 0.6) is 0 Å². The van der Waals surface area contributed by atoms with Gasteiger partial charge in [-0.2, -0.15) is 0 Å². The Balaban J connectivity index is 3.10. The van der Waals surface area contributed by atoms with E-state index in [-0.39, 0.29) is 19.2 Å². The molecule has 0 aliphatic heterocycles. The third-order valence-electron chi connectivity index (χ3n) is 6.98. The van der Waals surface area contributed by atoms with Crippen LogP contribution in [0.25, 0.3) is 0 Å². The first-order valence-electron chi connectivity index (χ1n) is 15.6. The minimum absolute atomic E-state index is 0.182. The van der Waals surface area contributed by atoms with Gasteiger partial charge in [0.05, 0.1) is 13.2 Å². The second-order valence-corrected chi connectivity index (χ2v) is 10.6. The van der Waals surface area contributed by atoms with Gasteiger partial charge in [-0.1, -0.05) is 155 Å². The summed E-state index contributed by atoms with van der Waals surface area (Å²) in [7, 11) is 0. The van der Waals surface area contributed by atoms with E-state index in [4.69, 9.17) is 14.6 Å². The number of aliphatic hydroxyl groups is 1. The predicted octanol–water partition coefficient (Wildman–Crippen LogP) is 9.31. The van der Waals surface area contributed by atoms with E-state index < -0.39 is 6.10 Å². The van der Waals surface area contributed by atoms with Crippen LogP contribution >= 0.6 is 0 Å². The van der Waals surface area contributed by atoms with Crippen LogP contribution in [0.4, 0.5) is 0 Å². The highest BCUT2D eigenvalue weighted by atomic mass is 16.6. The van der Waals surface area contributed by atoms with Crippen molar-refractivity contribution in [3.05, 3.63) is 0 Å². The molecule has 0 aliphatic rings. The van der Waals surface area contributed by atoms with Crippen molar-refractivity contribution in [3.63, 3.8) is 0 Å². The van der Waals surface area contributed by atoms with Gasteiger partial charge in [0.2, 0.25) is 0 Å². The van der Waals surface area contributed by atoms with Gasteiger partial charge in [-0.3, -0.25) is 4.79 Å². The molecule has 0 spiro atoms. The molecule has 1 N–H and O–H groups in total. The Hall–Kier alpha value is -0.610. The monoisotopic (exact) mass is 498 g/mol. The summed E-state index contributed by atoms with van der Waals surface area (Å²) in [5.41, 5.74) is 0. The van der Waals surface area contributed by atoms with Crippen LogP contribution < -0.4 is 0 Å². The molecule has 0 amide bonds. The molecule has 0 rings (SSSR count). The lowest BCUT2D eigenvalue weighted by Gasteiger charge is -2.14. The second-order valence-electron chi connectivity index (χ2n) is 10.6. The molecule has 0 aromatic heterocycles. The number of carbonyl (C=O) groups is 1. The van der Waals surface area contributed by atoms with Crippen LogP contribution in [0.2, 0.25) is 0 Å². The Bertz CT molecular complexity index is 413. The lowest BCUT2D eigenvalue weighted by atomic mass is 10.0. The van der Waals surface area contributed by atoms with Crippen LogP contribution in [0, 0.1) is 0 Å². The number of esters is 1. The number of aliphatic hydroxyl groups excluding tert-OH is 1. The topological polar surface area (TPSA) is 55.8 Å². The molecule has 0 bridgehead atoms. The molecule has 1 atom stereocenters. The van der Waals surface area contributed by atoms with Crippen molar-refractivity contribution in [2.45, 2.75) is 174 Å². The molecule has 0 radical (unpaired) electrons. The van der Waals surface area contributed by atoms with Crippen LogP contribution in [0.1, 0.15) is 168 Å². The van der Waals surface area contributed by atoms with Gasteiger partial charge in [-0.05, 0) is 6.42 Å². The van der Waals surface area contributed by atoms with Gasteiger partial charge >= 0.3 is 5.97 Å². The first-order valence-corrected chi connectivity index (χ1v) is 15.6. The van der Waals surface area contributed by atoms with Crippen LogP contribution in [-0.2, 0) is 14.3 Å². The summed E-state index contributed by atoms with van der Waals surface area (Å²) in [6.45, 7) is 4.43. The lowest BCUT2D eigenvalue weighted by molar-refractivity contribution is -0.152. The molecular weight excluding hydrogens is 436 g/mol. The average Bonchev–Trinajstić information content (AvgIpc) is 2.85. The van der Waals surface area contributed by atoms with E-state index in [0.29, 0.717) is 6.61 Å². The first-order chi connectivity index (χ1) is 17.2. The average molecular weight is 499 g/mol. The molecule has 210 valence electrons. The largest absolute Gasteiger partial charge is 0.458 e. The maximum atomic E-state index is 10.9. The Morgan fingerprint density at radius 3 is 1.17 bits per heavy atom. The molecule has 0 aromatic carbocycles. The van der Waals surface area contributed by atoms with Gasteiger partial charge in [0, 0.05) is 13.5 Å². The molecule has 0 fully saturated rings. The summed E-state index contributed by atoms with van der Waals surface area (Å²) in [4.78, 5) is 10.9. The first kappa shape index (κ1) is 34.4. The fraction of sp³-hybridized carbons (Fsp3) is 0.968. The quantitative estimate of drug-likeness (QED) is 0.0824. The van der Waals surface area contributed by atoms with Gasteiger partial charge in [0.15, 0.2) is 0 Å². The van der Waals surface area contributed by atoms with Gasteiger partial charge in [-0.15, -0.1) is 0 Å². The van der Waals surface area contributed by atoms with Crippen molar-refractivity contribution in [2.75, 3.05) is 19.8 Å². The molecular formula is C31H62O4. The van der Waals surface area contributed by atoms with Gasteiger partial charge < -0.3 is 14.6 Å². The zero-order valence-corrected chi connectivity index (χ0v) is 23.8. The number of hydrogen-bond acceptors (Lipinski definition) is 4. The summed E-state index contributed by atoms with van der Waals surface area (Å²) in [6.07, 6.45) is 33.0. The van der Waals surface area contributed by atoms with Crippen LogP contribution in [0.3, 0.4) is 0 Å². The standard InChI is InChI=1S/C31H62O4/c1-3-4-5-6-7-8-9-10-11-12-13-14-15-16-17-18-19-20-21-22-23-24-25-26-27-34-29-31(28-32)35-30(2)33/h31-32H,3-29H2,1-2H3. The van der Waals surface area contributed by atoms with Gasteiger partial charge in [-0.25, -0.2) is 0 Å². The minimum Gasteiger partial charge on any atom is -0.458 e. The van der Waals surface area contributed by atoms with Crippen molar-refractivity contribution in [1.82, 2.24) is 0 Å². The number of rotatable bonds is 29. The number of ether oxygens (including phenoxy) is 2. The summed E-state index contributed by atoms with van der Waals surface area (Å²) >= 11 is 0. The molecule has 0 saturated carbocycles. The second kappa shape index (κ2) is 29.6. The zero-order chi connectivity index (χ0) is 25.7. The van der Waals surface area contributed by atoms with E-state index in [1.807, 2.05) is 0 Å². The van der Waals surface area contributed by atoms with Crippen LogP contribution in [0.15, 0.2) is 0 Å². The van der Waals surface area contributed by atoms with Crippen molar-refractivity contribution in [1.29, 1.82) is 0 Å². The summed E-state index contributed by atoms with van der Waals surface area (Å²) < 4.78 is 10.4. The number of unbranched alkanes of at least 4 members (excludes halogenated alkanes) is 23. The van der Waals surface area contributed by atoms with Crippen molar-refractivity contribution in [3.8, 4) is 0 Å². The molecule has 4 heteroatoms. The zero-order valence-electron chi connectivity index (χ0n) is 23.8. The highest BCUT2D eigenvalue weighted by Crippen LogP contribution is 2.15. The lowest BCUT2D eigenvalue weighted by Crippen LogP contribution is -2.26. The fourth-order valence-electron chi connectivity index (χ4n) is 4.74. The fourth-order valence-corrected chi connectivity index (χ4v) is 4.74. The predicted molar refractivity (Wildman–Crippen MR) is 150 cm³/mol. The van der Waals surface area contributed by atoms with Crippen molar-refractivity contribution >= 4 is 5.97 Å². The summed E-state index contributed by atoms with van der Waals surface area (Å²) in [5.74, 6) is -0.373.